The van der Waals surface area contributed by atoms with Crippen LogP contribution in [0, 0.1) is 13.8 Å². The van der Waals surface area contributed by atoms with E-state index in [9.17, 15) is 4.79 Å². The van der Waals surface area contributed by atoms with Gasteiger partial charge in [-0.1, -0.05) is 30.3 Å². The number of ether oxygens (including phenoxy) is 1. The van der Waals surface area contributed by atoms with Crippen LogP contribution in [0.2, 0.25) is 0 Å². The standard InChI is InChI=1S/C16H17NO2/c1-10-9-12-5-3-4-6-13(12)15(11(10)2)17-14-7-8-19-16(14)18/h3-6,9,14,17H,7-8H2,1-2H3. The summed E-state index contributed by atoms with van der Waals surface area (Å²) in [6.07, 6.45) is 0.737. The van der Waals surface area contributed by atoms with E-state index >= 15 is 0 Å². The molecule has 1 aliphatic heterocycles. The molecule has 3 rings (SSSR count). The molecule has 19 heavy (non-hydrogen) atoms. The molecule has 1 heterocycles. The Morgan fingerprint density at radius 2 is 2.05 bits per heavy atom. The highest BCUT2D eigenvalue weighted by molar-refractivity contribution is 5.98. The van der Waals surface area contributed by atoms with Crippen molar-refractivity contribution < 1.29 is 9.53 Å². The van der Waals surface area contributed by atoms with Gasteiger partial charge in [-0.3, -0.25) is 0 Å². The van der Waals surface area contributed by atoms with Gasteiger partial charge in [-0.05, 0) is 30.4 Å². The Morgan fingerprint density at radius 3 is 2.79 bits per heavy atom. The first-order valence-electron chi connectivity index (χ1n) is 6.59. The Kier molecular flexibility index (Phi) is 2.90. The number of anilines is 1. The van der Waals surface area contributed by atoms with Crippen LogP contribution in [0.4, 0.5) is 5.69 Å². The molecule has 1 unspecified atom stereocenters. The van der Waals surface area contributed by atoms with E-state index in [1.165, 1.54) is 16.5 Å². The molecule has 1 aliphatic rings. The summed E-state index contributed by atoms with van der Waals surface area (Å²) in [6, 6.07) is 10.2. The Hall–Kier alpha value is -2.03. The van der Waals surface area contributed by atoms with Crippen molar-refractivity contribution in [1.82, 2.24) is 0 Å². The Morgan fingerprint density at radius 1 is 1.26 bits per heavy atom. The predicted molar refractivity (Wildman–Crippen MR) is 76.4 cm³/mol. The van der Waals surface area contributed by atoms with Crippen molar-refractivity contribution in [3.63, 3.8) is 0 Å². The molecule has 0 radical (unpaired) electrons. The molecule has 2 aromatic carbocycles. The Balaban J connectivity index is 2.10. The normalized spacial score (nSPS) is 18.6. The zero-order chi connectivity index (χ0) is 13.4. The van der Waals surface area contributed by atoms with Crippen molar-refractivity contribution in [3.05, 3.63) is 41.5 Å². The topological polar surface area (TPSA) is 38.3 Å². The molecule has 0 aromatic heterocycles. The number of fused-ring (bicyclic) bond motifs is 1. The molecule has 0 aliphatic carbocycles. The highest BCUT2D eigenvalue weighted by Crippen LogP contribution is 2.31. The van der Waals surface area contributed by atoms with Crippen LogP contribution in [0.15, 0.2) is 30.3 Å². The molecular weight excluding hydrogens is 238 g/mol. The lowest BCUT2D eigenvalue weighted by Crippen LogP contribution is -2.25. The zero-order valence-electron chi connectivity index (χ0n) is 11.2. The first-order chi connectivity index (χ1) is 9.16. The summed E-state index contributed by atoms with van der Waals surface area (Å²) in [4.78, 5) is 11.6. The summed E-state index contributed by atoms with van der Waals surface area (Å²) in [5, 5.41) is 5.72. The van der Waals surface area contributed by atoms with Gasteiger partial charge in [0.1, 0.15) is 6.04 Å². The van der Waals surface area contributed by atoms with Gasteiger partial charge in [-0.25, -0.2) is 4.79 Å². The van der Waals surface area contributed by atoms with Gasteiger partial charge in [-0.15, -0.1) is 0 Å². The molecular formula is C16H17NO2. The highest BCUT2D eigenvalue weighted by atomic mass is 16.5. The Bertz CT molecular complexity index is 648. The number of hydrogen-bond donors (Lipinski definition) is 1. The summed E-state index contributed by atoms with van der Waals surface area (Å²) in [6.45, 7) is 4.70. The average Bonchev–Trinajstić information content (AvgIpc) is 2.80. The first-order valence-corrected chi connectivity index (χ1v) is 6.59. The van der Waals surface area contributed by atoms with E-state index < -0.39 is 0 Å². The third-order valence-electron chi connectivity index (χ3n) is 3.82. The van der Waals surface area contributed by atoms with Gasteiger partial charge >= 0.3 is 5.97 Å². The smallest absolute Gasteiger partial charge is 0.328 e. The van der Waals surface area contributed by atoms with Gasteiger partial charge in [0.25, 0.3) is 0 Å². The van der Waals surface area contributed by atoms with Crippen molar-refractivity contribution >= 4 is 22.4 Å². The lowest BCUT2D eigenvalue weighted by molar-refractivity contribution is -0.138. The fourth-order valence-corrected chi connectivity index (χ4v) is 2.58. The second-order valence-corrected chi connectivity index (χ2v) is 5.07. The van der Waals surface area contributed by atoms with Crippen LogP contribution in [0.5, 0.6) is 0 Å². The number of cyclic esters (lactones) is 1. The van der Waals surface area contributed by atoms with Crippen LogP contribution in [0.25, 0.3) is 10.8 Å². The van der Waals surface area contributed by atoms with E-state index in [0.717, 1.165) is 17.5 Å². The summed E-state index contributed by atoms with van der Waals surface area (Å²) < 4.78 is 5.02. The van der Waals surface area contributed by atoms with E-state index in [1.54, 1.807) is 0 Å². The van der Waals surface area contributed by atoms with Crippen LogP contribution in [-0.4, -0.2) is 18.6 Å². The monoisotopic (exact) mass is 255 g/mol. The molecule has 98 valence electrons. The third kappa shape index (κ3) is 2.05. The maximum absolute atomic E-state index is 11.6. The van der Waals surface area contributed by atoms with Crippen LogP contribution in [0.3, 0.4) is 0 Å². The van der Waals surface area contributed by atoms with E-state index in [1.807, 2.05) is 12.1 Å². The highest BCUT2D eigenvalue weighted by Gasteiger charge is 2.27. The molecule has 1 N–H and O–H groups in total. The number of nitrogens with one attached hydrogen (secondary N) is 1. The second-order valence-electron chi connectivity index (χ2n) is 5.07. The predicted octanol–water partition coefficient (Wildman–Crippen LogP) is 3.18. The van der Waals surface area contributed by atoms with E-state index in [0.29, 0.717) is 6.61 Å². The molecule has 2 aromatic rings. The number of carbonyl (C=O) groups excluding carboxylic acids is 1. The zero-order valence-corrected chi connectivity index (χ0v) is 11.2. The second kappa shape index (κ2) is 4.57. The van der Waals surface area contributed by atoms with Crippen LogP contribution >= 0.6 is 0 Å². The summed E-state index contributed by atoms with van der Waals surface area (Å²) in [5.74, 6) is -0.148. The number of hydrogen-bond acceptors (Lipinski definition) is 3. The minimum atomic E-state index is -0.219. The SMILES string of the molecule is Cc1cc2ccccc2c(NC2CCOC2=O)c1C. The molecule has 0 bridgehead atoms. The van der Waals surface area contributed by atoms with Crippen molar-refractivity contribution in [2.24, 2.45) is 0 Å². The fourth-order valence-electron chi connectivity index (χ4n) is 2.58. The van der Waals surface area contributed by atoms with Crippen molar-refractivity contribution in [2.75, 3.05) is 11.9 Å². The molecule has 0 spiro atoms. The molecule has 0 saturated carbocycles. The molecule has 1 saturated heterocycles. The average molecular weight is 255 g/mol. The van der Waals surface area contributed by atoms with Gasteiger partial charge < -0.3 is 10.1 Å². The van der Waals surface area contributed by atoms with Crippen molar-refractivity contribution in [1.29, 1.82) is 0 Å². The van der Waals surface area contributed by atoms with Crippen LogP contribution in [-0.2, 0) is 9.53 Å². The number of esters is 1. The summed E-state index contributed by atoms with van der Waals surface area (Å²) in [5.41, 5.74) is 3.48. The number of aryl methyl sites for hydroxylation is 1. The first kappa shape index (κ1) is 12.0. The van der Waals surface area contributed by atoms with E-state index in [-0.39, 0.29) is 12.0 Å². The summed E-state index contributed by atoms with van der Waals surface area (Å²) >= 11 is 0. The van der Waals surface area contributed by atoms with Crippen LogP contribution < -0.4 is 5.32 Å². The lowest BCUT2D eigenvalue weighted by atomic mass is 9.99. The van der Waals surface area contributed by atoms with Crippen molar-refractivity contribution in [2.45, 2.75) is 26.3 Å². The van der Waals surface area contributed by atoms with Gasteiger partial charge in [-0.2, -0.15) is 0 Å². The molecule has 3 heteroatoms. The minimum Gasteiger partial charge on any atom is -0.464 e. The third-order valence-corrected chi connectivity index (χ3v) is 3.82. The van der Waals surface area contributed by atoms with Crippen LogP contribution in [0.1, 0.15) is 17.5 Å². The molecule has 3 nitrogen and oxygen atoms in total. The quantitative estimate of drug-likeness (QED) is 0.838. The number of carbonyl (C=O) groups is 1. The van der Waals surface area contributed by atoms with Gasteiger partial charge in [0.2, 0.25) is 0 Å². The maximum atomic E-state index is 11.6. The van der Waals surface area contributed by atoms with Gasteiger partial charge in [0.05, 0.1) is 6.61 Å². The van der Waals surface area contributed by atoms with Crippen molar-refractivity contribution in [3.8, 4) is 0 Å². The molecule has 1 atom stereocenters. The summed E-state index contributed by atoms with van der Waals surface area (Å²) in [7, 11) is 0. The molecule has 1 fully saturated rings. The maximum Gasteiger partial charge on any atom is 0.328 e. The Labute approximate surface area is 112 Å². The fraction of sp³-hybridized carbons (Fsp3) is 0.312. The largest absolute Gasteiger partial charge is 0.464 e. The van der Waals surface area contributed by atoms with Gasteiger partial charge in [0.15, 0.2) is 0 Å². The number of rotatable bonds is 2. The van der Waals surface area contributed by atoms with Gasteiger partial charge in [0, 0.05) is 17.5 Å². The minimum absolute atomic E-state index is 0.148. The molecule has 0 amide bonds. The van der Waals surface area contributed by atoms with E-state index in [2.05, 4.69) is 37.4 Å². The number of benzene rings is 2. The lowest BCUT2D eigenvalue weighted by Gasteiger charge is -2.17. The van der Waals surface area contributed by atoms with E-state index in [4.69, 9.17) is 4.74 Å².